The smallest absolute Gasteiger partial charge is 0.312 e. The van der Waals surface area contributed by atoms with Crippen LogP contribution in [0.3, 0.4) is 0 Å². The number of nitro benzene ring substituents is 1. The van der Waals surface area contributed by atoms with E-state index in [4.69, 9.17) is 15.2 Å². The van der Waals surface area contributed by atoms with E-state index in [0.717, 1.165) is 0 Å². The highest BCUT2D eigenvalue weighted by molar-refractivity contribution is 9.10. The molecule has 0 aliphatic carbocycles. The molecule has 0 atom stereocenters. The van der Waals surface area contributed by atoms with Gasteiger partial charge in [-0.3, -0.25) is 10.1 Å². The van der Waals surface area contributed by atoms with E-state index in [1.807, 2.05) is 0 Å². The van der Waals surface area contributed by atoms with E-state index < -0.39 is 4.92 Å². The number of halogens is 1. The molecule has 0 radical (unpaired) electrons. The predicted octanol–water partition coefficient (Wildman–Crippen LogP) is 2.53. The van der Waals surface area contributed by atoms with Gasteiger partial charge in [-0.05, 0) is 22.0 Å². The Morgan fingerprint density at radius 3 is 2.75 bits per heavy atom. The van der Waals surface area contributed by atoms with Gasteiger partial charge in [0.1, 0.15) is 6.33 Å². The second kappa shape index (κ2) is 5.70. The van der Waals surface area contributed by atoms with Crippen LogP contribution in [0, 0.1) is 10.1 Å². The van der Waals surface area contributed by atoms with Crippen LogP contribution < -0.4 is 15.2 Å². The first-order valence-electron chi connectivity index (χ1n) is 5.29. The maximum atomic E-state index is 11.0. The number of methoxy groups -OCH3 is 1. The highest BCUT2D eigenvalue weighted by Gasteiger charge is 2.21. The minimum Gasteiger partial charge on any atom is -0.489 e. The van der Waals surface area contributed by atoms with Crippen LogP contribution in [0.4, 0.5) is 11.5 Å². The first kappa shape index (κ1) is 14.0. The van der Waals surface area contributed by atoms with Crippen LogP contribution in [0.25, 0.3) is 0 Å². The molecule has 2 N–H and O–H groups in total. The molecular weight excluding hydrogens is 332 g/mol. The molecule has 9 heteroatoms. The number of anilines is 1. The number of ether oxygens (including phenoxy) is 2. The molecule has 1 heterocycles. The fourth-order valence-corrected chi connectivity index (χ4v) is 1.91. The zero-order chi connectivity index (χ0) is 14.7. The SMILES string of the molecule is COc1c(N)ncnc1Oc1c(Br)cccc1[N+](=O)[O-]. The molecule has 0 fully saturated rings. The Hall–Kier alpha value is -2.42. The lowest BCUT2D eigenvalue weighted by Crippen LogP contribution is -2.01. The molecular formula is C11H9BrN4O4. The average Bonchev–Trinajstić information content (AvgIpc) is 2.41. The first-order chi connectivity index (χ1) is 9.54. The van der Waals surface area contributed by atoms with Gasteiger partial charge in [-0.1, -0.05) is 6.07 Å². The van der Waals surface area contributed by atoms with E-state index in [1.165, 1.54) is 25.6 Å². The molecule has 8 nitrogen and oxygen atoms in total. The highest BCUT2D eigenvalue weighted by Crippen LogP contribution is 2.40. The summed E-state index contributed by atoms with van der Waals surface area (Å²) in [5, 5.41) is 11.0. The molecule has 0 spiro atoms. The number of rotatable bonds is 4. The fourth-order valence-electron chi connectivity index (χ4n) is 1.47. The Morgan fingerprint density at radius 2 is 2.10 bits per heavy atom. The standard InChI is InChI=1S/C11H9BrN4O4/c1-19-9-10(13)14-5-15-11(9)20-8-6(12)3-2-4-7(8)16(17)18/h2-5H,1H3,(H2,13,14,15). The van der Waals surface area contributed by atoms with Gasteiger partial charge in [0.25, 0.3) is 5.88 Å². The number of nitrogens with two attached hydrogens (primary N) is 1. The van der Waals surface area contributed by atoms with E-state index in [0.29, 0.717) is 4.47 Å². The van der Waals surface area contributed by atoms with E-state index in [-0.39, 0.29) is 28.9 Å². The number of aromatic nitrogens is 2. The fraction of sp³-hybridized carbons (Fsp3) is 0.0909. The molecule has 0 amide bonds. The van der Waals surface area contributed by atoms with E-state index >= 15 is 0 Å². The van der Waals surface area contributed by atoms with Gasteiger partial charge < -0.3 is 15.2 Å². The minimum absolute atomic E-state index is 0.00463. The number of nitro groups is 1. The Bertz CT molecular complexity index is 665. The molecule has 0 aliphatic rings. The zero-order valence-corrected chi connectivity index (χ0v) is 11.8. The topological polar surface area (TPSA) is 113 Å². The molecule has 0 unspecified atom stereocenters. The normalized spacial score (nSPS) is 10.1. The summed E-state index contributed by atoms with van der Waals surface area (Å²) in [6.07, 6.45) is 1.18. The van der Waals surface area contributed by atoms with Crippen molar-refractivity contribution in [2.45, 2.75) is 0 Å². The van der Waals surface area contributed by atoms with Crippen LogP contribution in [-0.2, 0) is 0 Å². The number of para-hydroxylation sites is 1. The summed E-state index contributed by atoms with van der Waals surface area (Å²) in [5.74, 6) is 0.189. The van der Waals surface area contributed by atoms with Gasteiger partial charge in [-0.15, -0.1) is 0 Å². The second-order valence-electron chi connectivity index (χ2n) is 3.54. The number of benzene rings is 1. The van der Waals surface area contributed by atoms with Gasteiger partial charge in [0.2, 0.25) is 11.5 Å². The molecule has 1 aromatic heterocycles. The maximum Gasteiger partial charge on any atom is 0.312 e. The number of hydrogen-bond acceptors (Lipinski definition) is 7. The van der Waals surface area contributed by atoms with Crippen LogP contribution >= 0.6 is 15.9 Å². The minimum atomic E-state index is -0.558. The zero-order valence-electron chi connectivity index (χ0n) is 10.2. The van der Waals surface area contributed by atoms with Crippen LogP contribution in [0.5, 0.6) is 17.4 Å². The van der Waals surface area contributed by atoms with Crippen LogP contribution in [0.1, 0.15) is 0 Å². The molecule has 0 saturated carbocycles. The van der Waals surface area contributed by atoms with Crippen molar-refractivity contribution in [3.8, 4) is 17.4 Å². The largest absolute Gasteiger partial charge is 0.489 e. The lowest BCUT2D eigenvalue weighted by Gasteiger charge is -2.11. The molecule has 0 bridgehead atoms. The monoisotopic (exact) mass is 340 g/mol. The summed E-state index contributed by atoms with van der Waals surface area (Å²) in [6, 6.07) is 4.46. The molecule has 2 aromatic rings. The first-order valence-corrected chi connectivity index (χ1v) is 6.09. The molecule has 0 aliphatic heterocycles. The third kappa shape index (κ3) is 2.62. The summed E-state index contributed by atoms with van der Waals surface area (Å²) in [4.78, 5) is 18.1. The van der Waals surface area contributed by atoms with Crippen molar-refractivity contribution in [3.63, 3.8) is 0 Å². The lowest BCUT2D eigenvalue weighted by atomic mass is 10.3. The predicted molar refractivity (Wildman–Crippen MR) is 73.9 cm³/mol. The van der Waals surface area contributed by atoms with Gasteiger partial charge in [0, 0.05) is 6.07 Å². The molecule has 1 aromatic carbocycles. The van der Waals surface area contributed by atoms with E-state index in [9.17, 15) is 10.1 Å². The molecule has 0 saturated heterocycles. The van der Waals surface area contributed by atoms with Crippen molar-refractivity contribution in [2.24, 2.45) is 0 Å². The number of nitrogens with zero attached hydrogens (tertiary/aromatic N) is 3. The van der Waals surface area contributed by atoms with Gasteiger partial charge in [-0.25, -0.2) is 4.98 Å². The molecule has 2 rings (SSSR count). The molecule has 104 valence electrons. The van der Waals surface area contributed by atoms with Crippen LogP contribution in [0.2, 0.25) is 0 Å². The average molecular weight is 341 g/mol. The third-order valence-corrected chi connectivity index (χ3v) is 2.97. The summed E-state index contributed by atoms with van der Waals surface area (Å²) < 4.78 is 10.9. The van der Waals surface area contributed by atoms with Crippen LogP contribution in [0.15, 0.2) is 29.0 Å². The van der Waals surface area contributed by atoms with Crippen molar-refractivity contribution in [3.05, 3.63) is 39.1 Å². The Kier molecular flexibility index (Phi) is 3.99. The summed E-state index contributed by atoms with van der Waals surface area (Å²) >= 11 is 3.19. The van der Waals surface area contributed by atoms with Crippen molar-refractivity contribution >= 4 is 27.4 Å². The Morgan fingerprint density at radius 1 is 1.35 bits per heavy atom. The third-order valence-electron chi connectivity index (χ3n) is 2.34. The van der Waals surface area contributed by atoms with E-state index in [1.54, 1.807) is 6.07 Å². The Labute approximate surface area is 121 Å². The maximum absolute atomic E-state index is 11.0. The van der Waals surface area contributed by atoms with Crippen molar-refractivity contribution in [1.29, 1.82) is 0 Å². The number of nitrogen functional groups attached to an aromatic ring is 1. The summed E-state index contributed by atoms with van der Waals surface area (Å²) in [5.41, 5.74) is 5.41. The number of hydrogen-bond donors (Lipinski definition) is 1. The van der Waals surface area contributed by atoms with Crippen molar-refractivity contribution in [2.75, 3.05) is 12.8 Å². The quantitative estimate of drug-likeness (QED) is 0.671. The molecule has 20 heavy (non-hydrogen) atoms. The lowest BCUT2D eigenvalue weighted by molar-refractivity contribution is -0.385. The van der Waals surface area contributed by atoms with Gasteiger partial charge in [-0.2, -0.15) is 4.98 Å². The summed E-state index contributed by atoms with van der Waals surface area (Å²) in [6.45, 7) is 0. The summed E-state index contributed by atoms with van der Waals surface area (Å²) in [7, 11) is 1.37. The van der Waals surface area contributed by atoms with E-state index in [2.05, 4.69) is 25.9 Å². The second-order valence-corrected chi connectivity index (χ2v) is 4.40. The van der Waals surface area contributed by atoms with Gasteiger partial charge in [0.05, 0.1) is 16.5 Å². The van der Waals surface area contributed by atoms with Crippen molar-refractivity contribution in [1.82, 2.24) is 9.97 Å². The van der Waals surface area contributed by atoms with Gasteiger partial charge >= 0.3 is 5.69 Å². The van der Waals surface area contributed by atoms with Gasteiger partial charge in [0.15, 0.2) is 5.82 Å². The van der Waals surface area contributed by atoms with Crippen molar-refractivity contribution < 1.29 is 14.4 Å². The van der Waals surface area contributed by atoms with Crippen LogP contribution in [-0.4, -0.2) is 22.0 Å². The highest BCUT2D eigenvalue weighted by atomic mass is 79.9. The Balaban J connectivity index is 2.50.